The highest BCUT2D eigenvalue weighted by atomic mass is 32.1. The van der Waals surface area contributed by atoms with Crippen LogP contribution in [0.1, 0.15) is 27.8 Å². The molecule has 0 fully saturated rings. The first-order valence-electron chi connectivity index (χ1n) is 14.0. The third kappa shape index (κ3) is 7.25. The van der Waals surface area contributed by atoms with Gasteiger partial charge in [-0.3, -0.25) is 0 Å². The number of benzene rings is 4. The molecule has 7 heteroatoms. The molecule has 5 rings (SSSR count). The van der Waals surface area contributed by atoms with E-state index >= 15 is 0 Å². The van der Waals surface area contributed by atoms with Crippen molar-refractivity contribution in [3.8, 4) is 11.5 Å². The molecule has 0 saturated heterocycles. The molecule has 0 spiro atoms. The highest BCUT2D eigenvalue weighted by Gasteiger charge is 2.13. The fourth-order valence-electron chi connectivity index (χ4n) is 4.69. The number of halogens is 1. The molecule has 5 nitrogen and oxygen atoms in total. The quantitative estimate of drug-likeness (QED) is 0.130. The topological polar surface area (TPSA) is 56.0 Å². The molecule has 5 aromatic rings. The van der Waals surface area contributed by atoms with Crippen LogP contribution in [0.15, 0.2) is 115 Å². The lowest BCUT2D eigenvalue weighted by Gasteiger charge is -2.16. The van der Waals surface area contributed by atoms with E-state index in [2.05, 4.69) is 36.4 Å². The average molecular weight is 605 g/mol. The second kappa shape index (κ2) is 13.9. The molecule has 0 atom stereocenters. The Kier molecular flexibility index (Phi) is 9.57. The van der Waals surface area contributed by atoms with E-state index in [0.717, 1.165) is 42.6 Å². The summed E-state index contributed by atoms with van der Waals surface area (Å²) in [6, 6.07) is 27.7. The van der Waals surface area contributed by atoms with Gasteiger partial charge in [0.1, 0.15) is 18.2 Å². The Bertz CT molecular complexity index is 1960. The van der Waals surface area contributed by atoms with Gasteiger partial charge in [-0.15, -0.1) is 6.58 Å². The maximum Gasteiger partial charge on any atom is 0.191 e. The number of aliphatic hydroxyl groups excluding tert-OH is 1. The van der Waals surface area contributed by atoms with Crippen molar-refractivity contribution in [1.82, 2.24) is 4.57 Å². The smallest absolute Gasteiger partial charge is 0.191 e. The molecular weight excluding hydrogens is 571 g/mol. The molecule has 0 bridgehead atoms. The SMILES string of the molecule is C=CCc1cc(/C=c2\sc(=Nc3ccccc3)n(Cc3ccc(C(=C)O)cc3)c2=C)cc(OC)c1OCc1ccc(F)cc1. The molecule has 0 unspecified atom stereocenters. The number of ether oxygens (including phenoxy) is 2. The van der Waals surface area contributed by atoms with E-state index < -0.39 is 0 Å². The lowest BCUT2D eigenvalue weighted by atomic mass is 10.1. The zero-order chi connectivity index (χ0) is 31.1. The van der Waals surface area contributed by atoms with Gasteiger partial charge in [0.05, 0.1) is 29.2 Å². The van der Waals surface area contributed by atoms with E-state index in [9.17, 15) is 9.50 Å². The fourth-order valence-corrected chi connectivity index (χ4v) is 5.75. The highest BCUT2D eigenvalue weighted by molar-refractivity contribution is 7.07. The Morgan fingerprint density at radius 2 is 1.70 bits per heavy atom. The maximum atomic E-state index is 13.4. The molecule has 0 aliphatic rings. The summed E-state index contributed by atoms with van der Waals surface area (Å²) in [5.41, 5.74) is 5.25. The van der Waals surface area contributed by atoms with Crippen molar-refractivity contribution in [2.45, 2.75) is 19.6 Å². The molecule has 222 valence electrons. The van der Waals surface area contributed by atoms with Crippen LogP contribution in [0.25, 0.3) is 18.4 Å². The van der Waals surface area contributed by atoms with Crippen LogP contribution in [-0.4, -0.2) is 16.8 Å². The Balaban J connectivity index is 1.57. The van der Waals surface area contributed by atoms with E-state index in [4.69, 9.17) is 14.5 Å². The first kappa shape index (κ1) is 30.3. The van der Waals surface area contributed by atoms with Gasteiger partial charge in [0.2, 0.25) is 0 Å². The van der Waals surface area contributed by atoms with Gasteiger partial charge in [-0.2, -0.15) is 0 Å². The van der Waals surface area contributed by atoms with Crippen LogP contribution in [0.2, 0.25) is 0 Å². The van der Waals surface area contributed by atoms with Gasteiger partial charge in [-0.25, -0.2) is 9.38 Å². The number of thiazole rings is 1. The normalized spacial score (nSPS) is 11.9. The largest absolute Gasteiger partial charge is 0.508 e. The van der Waals surface area contributed by atoms with Gasteiger partial charge in [0, 0.05) is 11.1 Å². The molecule has 44 heavy (non-hydrogen) atoms. The van der Waals surface area contributed by atoms with Crippen LogP contribution in [0, 0.1) is 5.82 Å². The predicted octanol–water partition coefficient (Wildman–Crippen LogP) is 7.05. The van der Waals surface area contributed by atoms with E-state index in [-0.39, 0.29) is 18.2 Å². The summed E-state index contributed by atoms with van der Waals surface area (Å²) in [6.45, 7) is 12.8. The second-order valence-corrected chi connectivity index (χ2v) is 11.1. The van der Waals surface area contributed by atoms with Crippen LogP contribution in [0.5, 0.6) is 11.5 Å². The van der Waals surface area contributed by atoms with Crippen LogP contribution in [-0.2, 0) is 19.6 Å². The number of hydrogen-bond acceptors (Lipinski definition) is 5. The Morgan fingerprint density at radius 3 is 2.36 bits per heavy atom. The number of hydrogen-bond donors (Lipinski definition) is 1. The summed E-state index contributed by atoms with van der Waals surface area (Å²) >= 11 is 1.55. The van der Waals surface area contributed by atoms with Crippen LogP contribution >= 0.6 is 11.3 Å². The summed E-state index contributed by atoms with van der Waals surface area (Å²) in [5.74, 6) is 0.961. The van der Waals surface area contributed by atoms with Crippen LogP contribution in [0.4, 0.5) is 10.1 Å². The second-order valence-electron chi connectivity index (χ2n) is 10.1. The van der Waals surface area contributed by atoms with Gasteiger partial charge in [0.15, 0.2) is 16.3 Å². The average Bonchev–Trinajstić information content (AvgIpc) is 3.30. The number of rotatable bonds is 11. The maximum absolute atomic E-state index is 13.4. The van der Waals surface area contributed by atoms with Crippen molar-refractivity contribution in [3.05, 3.63) is 159 Å². The summed E-state index contributed by atoms with van der Waals surface area (Å²) in [5, 5.41) is 10.6. The van der Waals surface area contributed by atoms with Crippen molar-refractivity contribution in [3.63, 3.8) is 0 Å². The number of aromatic nitrogens is 1. The molecule has 0 aliphatic heterocycles. The van der Waals surface area contributed by atoms with E-state index in [1.807, 2.05) is 66.7 Å². The Morgan fingerprint density at radius 1 is 1.00 bits per heavy atom. The molecule has 0 saturated carbocycles. The molecule has 4 aromatic carbocycles. The van der Waals surface area contributed by atoms with Crippen molar-refractivity contribution in [1.29, 1.82) is 0 Å². The molecule has 0 aliphatic carbocycles. The van der Waals surface area contributed by atoms with E-state index in [1.165, 1.54) is 12.1 Å². The van der Waals surface area contributed by atoms with Gasteiger partial charge in [-0.1, -0.05) is 85.2 Å². The monoisotopic (exact) mass is 604 g/mol. The first-order valence-corrected chi connectivity index (χ1v) is 14.8. The zero-order valence-electron chi connectivity index (χ0n) is 24.5. The lowest BCUT2D eigenvalue weighted by molar-refractivity contribution is 0.282. The third-order valence-electron chi connectivity index (χ3n) is 6.98. The Labute approximate surface area is 260 Å². The first-order chi connectivity index (χ1) is 21.3. The predicted molar refractivity (Wildman–Crippen MR) is 177 cm³/mol. The summed E-state index contributed by atoms with van der Waals surface area (Å²) < 4.78 is 28.4. The summed E-state index contributed by atoms with van der Waals surface area (Å²) in [6.07, 6.45) is 4.47. The number of methoxy groups -OCH3 is 1. The molecule has 1 N–H and O–H groups in total. The highest BCUT2D eigenvalue weighted by Crippen LogP contribution is 2.34. The molecule has 1 heterocycles. The zero-order valence-corrected chi connectivity index (χ0v) is 25.3. The number of nitrogens with zero attached hydrogens (tertiary/aromatic N) is 2. The van der Waals surface area contributed by atoms with Crippen molar-refractivity contribution in [2.75, 3.05) is 7.11 Å². The standard InChI is InChI=1S/C37H33FN2O3S/c1-5-9-31-20-29(21-34(42-4)36(31)43-24-28-14-18-32(38)19-15-28)22-35-25(2)40(23-27-12-16-30(17-13-27)26(3)41)37(44-35)39-33-10-7-6-8-11-33/h5-8,10-22,41H,1-3,9,23-24H2,4H3/b35-22-,39-37?. The van der Waals surface area contributed by atoms with Gasteiger partial charge in [-0.05, 0) is 65.6 Å². The van der Waals surface area contributed by atoms with Gasteiger partial charge >= 0.3 is 0 Å². The van der Waals surface area contributed by atoms with Crippen molar-refractivity contribution >= 4 is 35.4 Å². The summed E-state index contributed by atoms with van der Waals surface area (Å²) in [7, 11) is 1.61. The number of aliphatic hydroxyl groups is 1. The van der Waals surface area contributed by atoms with E-state index in [0.29, 0.717) is 30.0 Å². The molecule has 1 aromatic heterocycles. The Hall–Kier alpha value is -5.14. The molecule has 0 amide bonds. The van der Waals surface area contributed by atoms with Gasteiger partial charge < -0.3 is 19.1 Å². The molecule has 0 radical (unpaired) electrons. The minimum atomic E-state index is -0.288. The lowest BCUT2D eigenvalue weighted by Crippen LogP contribution is -2.31. The van der Waals surface area contributed by atoms with Crippen LogP contribution < -0.4 is 24.2 Å². The minimum Gasteiger partial charge on any atom is -0.508 e. The molecular formula is C37H33FN2O3S. The fraction of sp³-hybridized carbons (Fsp3) is 0.108. The third-order valence-corrected chi connectivity index (χ3v) is 8.05. The van der Waals surface area contributed by atoms with Crippen molar-refractivity contribution < 1.29 is 19.0 Å². The van der Waals surface area contributed by atoms with Crippen molar-refractivity contribution in [2.24, 2.45) is 4.99 Å². The minimum absolute atomic E-state index is 0.0346. The number of para-hydroxylation sites is 1. The van der Waals surface area contributed by atoms with Gasteiger partial charge in [0.25, 0.3) is 0 Å². The van der Waals surface area contributed by atoms with E-state index in [1.54, 1.807) is 30.6 Å². The summed E-state index contributed by atoms with van der Waals surface area (Å²) in [4.78, 5) is 5.75. The van der Waals surface area contributed by atoms with Crippen LogP contribution in [0.3, 0.4) is 0 Å². The number of allylic oxidation sites excluding steroid dienone is 1.